The zero-order valence-corrected chi connectivity index (χ0v) is 17.1. The molecule has 2 N–H and O–H groups in total. The van der Waals surface area contributed by atoms with Crippen molar-refractivity contribution in [2.75, 3.05) is 24.9 Å². The fraction of sp³-hybridized carbons (Fsp3) is 0.278. The molecule has 1 aromatic carbocycles. The van der Waals surface area contributed by atoms with Crippen molar-refractivity contribution in [3.8, 4) is 11.5 Å². The highest BCUT2D eigenvalue weighted by Crippen LogP contribution is 2.35. The molecule has 0 aliphatic carbocycles. The predicted molar refractivity (Wildman–Crippen MR) is 113 cm³/mol. The molecule has 0 radical (unpaired) electrons. The quantitative estimate of drug-likeness (QED) is 0.619. The normalized spacial score (nSPS) is 9.96. The Morgan fingerprint density at radius 2 is 1.56 bits per heavy atom. The van der Waals surface area contributed by atoms with Crippen LogP contribution in [0.2, 0.25) is 0 Å². The second kappa shape index (κ2) is 9.99. The number of nitrogens with zero attached hydrogens (tertiary/aromatic N) is 3. The molecule has 0 saturated carbocycles. The first-order valence-electron chi connectivity index (χ1n) is 7.98. The first-order valence-corrected chi connectivity index (χ1v) is 7.98. The van der Waals surface area contributed by atoms with Crippen molar-refractivity contribution < 1.29 is 9.47 Å². The van der Waals surface area contributed by atoms with Crippen LogP contribution in [0.4, 0.5) is 17.5 Å². The van der Waals surface area contributed by atoms with E-state index < -0.39 is 0 Å². The monoisotopic (exact) mass is 411 g/mol. The fourth-order valence-corrected chi connectivity index (χ4v) is 2.46. The Labute approximate surface area is 170 Å². The van der Waals surface area contributed by atoms with E-state index in [1.165, 1.54) is 0 Å². The van der Waals surface area contributed by atoms with Crippen molar-refractivity contribution in [3.05, 3.63) is 36.7 Å². The first kappa shape index (κ1) is 22.5. The van der Waals surface area contributed by atoms with E-state index in [0.29, 0.717) is 17.4 Å². The highest BCUT2D eigenvalue weighted by Gasteiger charge is 2.14. The zero-order valence-electron chi connectivity index (χ0n) is 15.5. The smallest absolute Gasteiger partial charge is 0.229 e. The lowest BCUT2D eigenvalue weighted by molar-refractivity contribution is 0.356. The molecule has 27 heavy (non-hydrogen) atoms. The second-order valence-electron chi connectivity index (χ2n) is 5.78. The van der Waals surface area contributed by atoms with Crippen molar-refractivity contribution in [2.45, 2.75) is 19.9 Å². The van der Waals surface area contributed by atoms with E-state index in [0.717, 1.165) is 22.4 Å². The van der Waals surface area contributed by atoms with Gasteiger partial charge in [0.05, 0.1) is 19.7 Å². The molecular formula is C18H23Cl2N5O2. The molecule has 0 atom stereocenters. The van der Waals surface area contributed by atoms with Gasteiger partial charge in [-0.3, -0.25) is 4.98 Å². The molecule has 0 amide bonds. The number of hydrogen-bond acceptors (Lipinski definition) is 7. The van der Waals surface area contributed by atoms with Gasteiger partial charge in [-0.05, 0) is 32.0 Å². The van der Waals surface area contributed by atoms with Crippen LogP contribution < -0.4 is 20.1 Å². The molecule has 3 rings (SSSR count). The van der Waals surface area contributed by atoms with Crippen molar-refractivity contribution >= 4 is 53.2 Å². The van der Waals surface area contributed by atoms with Crippen LogP contribution in [-0.2, 0) is 0 Å². The third-order valence-corrected chi connectivity index (χ3v) is 3.56. The lowest BCUT2D eigenvalue weighted by atomic mass is 10.2. The average Bonchev–Trinajstić information content (AvgIpc) is 2.61. The Kier molecular flexibility index (Phi) is 8.33. The van der Waals surface area contributed by atoms with Crippen molar-refractivity contribution in [1.82, 2.24) is 15.0 Å². The van der Waals surface area contributed by atoms with Crippen LogP contribution in [0.5, 0.6) is 11.5 Å². The Hall–Kier alpha value is -2.51. The molecule has 0 unspecified atom stereocenters. The summed E-state index contributed by atoms with van der Waals surface area (Å²) in [5, 5.41) is 7.43. The summed E-state index contributed by atoms with van der Waals surface area (Å²) in [6.45, 7) is 4.12. The lowest BCUT2D eigenvalue weighted by Crippen LogP contribution is -2.13. The topological polar surface area (TPSA) is 81.2 Å². The molecule has 2 heterocycles. The van der Waals surface area contributed by atoms with Crippen LogP contribution in [0, 0.1) is 0 Å². The van der Waals surface area contributed by atoms with Gasteiger partial charge in [0, 0.05) is 35.6 Å². The molecule has 7 nitrogen and oxygen atoms in total. The molecule has 0 spiro atoms. The molecule has 146 valence electrons. The van der Waals surface area contributed by atoms with Crippen molar-refractivity contribution in [2.24, 2.45) is 0 Å². The number of benzene rings is 1. The summed E-state index contributed by atoms with van der Waals surface area (Å²) in [6.07, 6.45) is 3.43. The van der Waals surface area contributed by atoms with E-state index in [9.17, 15) is 0 Å². The number of fused-ring (bicyclic) bond motifs is 1. The van der Waals surface area contributed by atoms with E-state index >= 15 is 0 Å². The van der Waals surface area contributed by atoms with Crippen LogP contribution in [0.3, 0.4) is 0 Å². The SMILES string of the molecule is COc1cc2nc(Nc3ccncc3)nc(NC(C)C)c2cc1OC.Cl.Cl. The van der Waals surface area contributed by atoms with Crippen LogP contribution in [-0.4, -0.2) is 35.2 Å². The summed E-state index contributed by atoms with van der Waals surface area (Å²) < 4.78 is 10.8. The molecule has 0 saturated heterocycles. The summed E-state index contributed by atoms with van der Waals surface area (Å²) >= 11 is 0. The summed E-state index contributed by atoms with van der Waals surface area (Å²) in [6, 6.07) is 7.67. The van der Waals surface area contributed by atoms with Crippen LogP contribution in [0.15, 0.2) is 36.7 Å². The highest BCUT2D eigenvalue weighted by molar-refractivity contribution is 5.93. The van der Waals surface area contributed by atoms with E-state index in [2.05, 4.69) is 39.4 Å². The van der Waals surface area contributed by atoms with Gasteiger partial charge in [-0.1, -0.05) is 0 Å². The molecule has 9 heteroatoms. The molecule has 0 fully saturated rings. The number of halogens is 2. The maximum atomic E-state index is 5.40. The van der Waals surface area contributed by atoms with E-state index in [4.69, 9.17) is 9.47 Å². The van der Waals surface area contributed by atoms with E-state index in [1.54, 1.807) is 26.6 Å². The third kappa shape index (κ3) is 5.24. The zero-order chi connectivity index (χ0) is 17.8. The maximum absolute atomic E-state index is 5.40. The van der Waals surface area contributed by atoms with Gasteiger partial charge in [0.25, 0.3) is 0 Å². The van der Waals surface area contributed by atoms with Gasteiger partial charge in [-0.2, -0.15) is 4.98 Å². The van der Waals surface area contributed by atoms with Gasteiger partial charge < -0.3 is 20.1 Å². The molecule has 3 aromatic rings. The van der Waals surface area contributed by atoms with Gasteiger partial charge in [0.2, 0.25) is 5.95 Å². The van der Waals surface area contributed by atoms with Crippen molar-refractivity contribution in [3.63, 3.8) is 0 Å². The molecular weight excluding hydrogens is 389 g/mol. The van der Waals surface area contributed by atoms with Crippen LogP contribution in [0.1, 0.15) is 13.8 Å². The fourth-order valence-electron chi connectivity index (χ4n) is 2.46. The summed E-state index contributed by atoms with van der Waals surface area (Å²) in [5.74, 6) is 2.49. The average molecular weight is 412 g/mol. The second-order valence-corrected chi connectivity index (χ2v) is 5.78. The number of pyridine rings is 1. The number of anilines is 3. The maximum Gasteiger partial charge on any atom is 0.229 e. The highest BCUT2D eigenvalue weighted by atomic mass is 35.5. The summed E-state index contributed by atoms with van der Waals surface area (Å²) in [5.41, 5.74) is 1.62. The Morgan fingerprint density at radius 1 is 0.926 bits per heavy atom. The van der Waals surface area contributed by atoms with Crippen LogP contribution in [0.25, 0.3) is 10.9 Å². The number of methoxy groups -OCH3 is 2. The minimum absolute atomic E-state index is 0. The minimum atomic E-state index is 0. The number of ether oxygens (including phenoxy) is 2. The minimum Gasteiger partial charge on any atom is -0.493 e. The number of nitrogens with one attached hydrogen (secondary N) is 2. The van der Waals surface area contributed by atoms with Crippen LogP contribution >= 0.6 is 24.8 Å². The Balaban J connectivity index is 0.00000182. The predicted octanol–water partition coefficient (Wildman–Crippen LogP) is 4.45. The Bertz CT molecular complexity index is 879. The number of aromatic nitrogens is 3. The molecule has 0 aliphatic rings. The van der Waals surface area contributed by atoms with Gasteiger partial charge in [-0.15, -0.1) is 24.8 Å². The van der Waals surface area contributed by atoms with Crippen molar-refractivity contribution in [1.29, 1.82) is 0 Å². The Morgan fingerprint density at radius 3 is 2.15 bits per heavy atom. The largest absolute Gasteiger partial charge is 0.493 e. The lowest BCUT2D eigenvalue weighted by Gasteiger charge is -2.16. The van der Waals surface area contributed by atoms with Gasteiger partial charge in [0.15, 0.2) is 11.5 Å². The molecule has 0 aliphatic heterocycles. The first-order chi connectivity index (χ1) is 12.1. The standard InChI is InChI=1S/C18H21N5O2.2ClH/c1-11(2)20-17-13-9-15(24-3)16(25-4)10-14(13)22-18(23-17)21-12-5-7-19-8-6-12;;/h5-11H,1-4H3,(H2,19,20,21,22,23);2*1H. The van der Waals surface area contributed by atoms with Gasteiger partial charge in [0.1, 0.15) is 5.82 Å². The van der Waals surface area contributed by atoms with E-state index in [1.807, 2.05) is 24.3 Å². The summed E-state index contributed by atoms with van der Waals surface area (Å²) in [4.78, 5) is 13.2. The van der Waals surface area contributed by atoms with Gasteiger partial charge in [-0.25, -0.2) is 4.98 Å². The third-order valence-electron chi connectivity index (χ3n) is 3.56. The molecule has 0 bridgehead atoms. The summed E-state index contributed by atoms with van der Waals surface area (Å²) in [7, 11) is 3.22. The van der Waals surface area contributed by atoms with E-state index in [-0.39, 0.29) is 30.9 Å². The number of rotatable bonds is 6. The number of hydrogen-bond donors (Lipinski definition) is 2. The molecule has 2 aromatic heterocycles. The van der Waals surface area contributed by atoms with Gasteiger partial charge >= 0.3 is 0 Å².